The molecule has 3 rings (SSSR count). The van der Waals surface area contributed by atoms with Gasteiger partial charge in [-0.1, -0.05) is 0 Å². The van der Waals surface area contributed by atoms with E-state index < -0.39 is 16.9 Å². The fraction of sp³-hybridized carbons (Fsp3) is 0.250. The van der Waals surface area contributed by atoms with Crippen molar-refractivity contribution in [2.45, 2.75) is 0 Å². The summed E-state index contributed by atoms with van der Waals surface area (Å²) in [5, 5.41) is 5.40. The van der Waals surface area contributed by atoms with Crippen molar-refractivity contribution < 1.29 is 9.53 Å². The summed E-state index contributed by atoms with van der Waals surface area (Å²) in [5.41, 5.74) is -1.65. The predicted molar refractivity (Wildman–Crippen MR) is 59.4 cm³/mol. The fourth-order valence-corrected chi connectivity index (χ4v) is 0.958. The number of imidazole rings is 1. The lowest BCUT2D eigenvalue weighted by Crippen LogP contribution is -2.21. The second-order valence-electron chi connectivity index (χ2n) is 2.95. The Morgan fingerprint density at radius 1 is 1.00 bits per heavy atom. The zero-order valence-corrected chi connectivity index (χ0v) is 8.96. The minimum atomic E-state index is -0.650. The summed E-state index contributed by atoms with van der Waals surface area (Å²) >= 11 is 0. The van der Waals surface area contributed by atoms with Crippen molar-refractivity contribution in [1.29, 1.82) is 5.41 Å². The van der Waals surface area contributed by atoms with Gasteiger partial charge in [-0.15, -0.1) is 0 Å². The van der Waals surface area contributed by atoms with Gasteiger partial charge in [0.25, 0.3) is 5.56 Å². The minimum Gasteiger partial charge on any atom is -0.377 e. The van der Waals surface area contributed by atoms with E-state index in [-0.39, 0.29) is 11.2 Å². The average molecular weight is 255 g/mol. The van der Waals surface area contributed by atoms with Crippen LogP contribution in [0.1, 0.15) is 0 Å². The Morgan fingerprint density at radius 2 is 1.44 bits per heavy atom. The molecule has 0 radical (unpaired) electrons. The average Bonchev–Trinajstić information content (AvgIpc) is 3.09. The molecule has 1 fully saturated rings. The fourth-order valence-electron chi connectivity index (χ4n) is 0.958. The number of aromatic nitrogens is 4. The molecule has 10 nitrogen and oxygen atoms in total. The Kier molecular flexibility index (Phi) is 4.55. The van der Waals surface area contributed by atoms with Crippen molar-refractivity contribution in [3.63, 3.8) is 0 Å². The number of ether oxygens (including phenoxy) is 1. The van der Waals surface area contributed by atoms with Crippen molar-refractivity contribution >= 4 is 17.2 Å². The summed E-state index contributed by atoms with van der Waals surface area (Å²) in [5.74, 6) is 0. The molecule has 0 unspecified atom stereocenters. The van der Waals surface area contributed by atoms with Crippen LogP contribution in [0, 0.1) is 5.41 Å². The van der Waals surface area contributed by atoms with Crippen LogP contribution in [0.3, 0.4) is 0 Å². The molecule has 10 heteroatoms. The van der Waals surface area contributed by atoms with Gasteiger partial charge in [0.15, 0.2) is 0 Å². The van der Waals surface area contributed by atoms with E-state index in [1.807, 2.05) is 4.98 Å². The Labute approximate surface area is 97.5 Å². The van der Waals surface area contributed by atoms with Crippen LogP contribution in [0.2, 0.25) is 0 Å². The molecule has 0 aromatic carbocycles. The van der Waals surface area contributed by atoms with Gasteiger partial charge in [-0.2, -0.15) is 0 Å². The number of carbonyl (C=O) groups excluding carboxylic acids is 1. The molecular formula is C8H9N5O5. The first kappa shape index (κ1) is 13.4. The van der Waals surface area contributed by atoms with Gasteiger partial charge in [-0.3, -0.25) is 24.7 Å². The van der Waals surface area contributed by atoms with Crippen molar-refractivity contribution in [3.05, 3.63) is 31.3 Å². The van der Waals surface area contributed by atoms with Gasteiger partial charge in [-0.25, -0.2) is 19.8 Å². The van der Waals surface area contributed by atoms with Crippen LogP contribution in [0.5, 0.6) is 0 Å². The molecule has 96 valence electrons. The molecule has 0 saturated carbocycles. The lowest BCUT2D eigenvalue weighted by atomic mass is 10.5. The number of hydrogen-bond donors (Lipinski definition) is 5. The van der Waals surface area contributed by atoms with E-state index in [0.29, 0.717) is 0 Å². The lowest BCUT2D eigenvalue weighted by Gasteiger charge is -1.83. The van der Waals surface area contributed by atoms with Crippen molar-refractivity contribution in [1.82, 2.24) is 19.9 Å². The standard InChI is InChI=1S/C5H4N4O3.C2H4O.CHNO/c10-3-1-2(7-4(11)6-1)8-5(12)9-3;1-2-3-1;2-1-3/h(H4,6,7,8,9,10,11,12);1-2H2;2H. The van der Waals surface area contributed by atoms with Crippen LogP contribution >= 0.6 is 0 Å². The zero-order chi connectivity index (χ0) is 13.5. The SMILES string of the molecule is C1CO1.N=C=O.O=c1[nH]c(=O)c2[nH]c(=O)[nH]c2[nH]1. The zero-order valence-electron chi connectivity index (χ0n) is 8.96. The first-order valence-electron chi connectivity index (χ1n) is 4.64. The summed E-state index contributed by atoms with van der Waals surface area (Å²) in [7, 11) is 0. The van der Waals surface area contributed by atoms with Crippen LogP contribution in [0.15, 0.2) is 14.4 Å². The van der Waals surface area contributed by atoms with Gasteiger partial charge in [0.05, 0.1) is 13.2 Å². The van der Waals surface area contributed by atoms with Gasteiger partial charge in [0.1, 0.15) is 11.2 Å². The molecule has 1 aliphatic heterocycles. The van der Waals surface area contributed by atoms with E-state index in [1.165, 1.54) is 0 Å². The maximum absolute atomic E-state index is 10.9. The molecule has 1 saturated heterocycles. The molecule has 0 amide bonds. The Bertz CT molecular complexity index is 709. The molecule has 0 aliphatic carbocycles. The molecular weight excluding hydrogens is 246 g/mol. The number of fused-ring (bicyclic) bond motifs is 1. The highest BCUT2D eigenvalue weighted by molar-refractivity contribution is 5.67. The van der Waals surface area contributed by atoms with Gasteiger partial charge >= 0.3 is 11.4 Å². The molecule has 1 aliphatic rings. The predicted octanol–water partition coefficient (Wildman–Crippen LogP) is -1.85. The van der Waals surface area contributed by atoms with Crippen LogP contribution in [0.4, 0.5) is 0 Å². The number of nitrogens with one attached hydrogen (secondary N) is 5. The number of isocyanates is 1. The van der Waals surface area contributed by atoms with Crippen LogP contribution < -0.4 is 16.9 Å². The summed E-state index contributed by atoms with van der Waals surface area (Å²) < 4.78 is 4.50. The monoisotopic (exact) mass is 255 g/mol. The topological polar surface area (TPSA) is 168 Å². The number of hydrogen-bond acceptors (Lipinski definition) is 6. The van der Waals surface area contributed by atoms with Crippen LogP contribution in [0.25, 0.3) is 11.2 Å². The minimum absolute atomic E-state index is 0.0413. The van der Waals surface area contributed by atoms with Gasteiger partial charge in [-0.05, 0) is 0 Å². The molecule has 3 heterocycles. The maximum Gasteiger partial charge on any atom is 0.327 e. The van der Waals surface area contributed by atoms with Crippen molar-refractivity contribution in [3.8, 4) is 0 Å². The highest BCUT2D eigenvalue weighted by Crippen LogP contribution is 1.88. The van der Waals surface area contributed by atoms with Crippen LogP contribution in [-0.4, -0.2) is 39.2 Å². The Morgan fingerprint density at radius 3 is 1.89 bits per heavy atom. The number of H-pyrrole nitrogens is 4. The van der Waals surface area contributed by atoms with E-state index >= 15 is 0 Å². The highest BCUT2D eigenvalue weighted by Gasteiger charge is 2.02. The van der Waals surface area contributed by atoms with Crippen molar-refractivity contribution in [2.75, 3.05) is 13.2 Å². The third-order valence-corrected chi connectivity index (χ3v) is 1.62. The summed E-state index contributed by atoms with van der Waals surface area (Å²) in [4.78, 5) is 49.3. The summed E-state index contributed by atoms with van der Waals surface area (Å²) in [6.07, 6.45) is 0.750. The van der Waals surface area contributed by atoms with E-state index in [9.17, 15) is 14.4 Å². The van der Waals surface area contributed by atoms with Gasteiger partial charge in [0, 0.05) is 0 Å². The van der Waals surface area contributed by atoms with Crippen LogP contribution in [-0.2, 0) is 9.53 Å². The molecule has 0 atom stereocenters. The Hall–Kier alpha value is -2.71. The Balaban J connectivity index is 0.000000225. The van der Waals surface area contributed by atoms with E-state index in [1.54, 1.807) is 0 Å². The number of epoxide rings is 1. The third kappa shape index (κ3) is 4.04. The third-order valence-electron chi connectivity index (χ3n) is 1.62. The lowest BCUT2D eigenvalue weighted by molar-refractivity contribution is 0.475. The van der Waals surface area contributed by atoms with Gasteiger partial charge in [0.2, 0.25) is 6.08 Å². The van der Waals surface area contributed by atoms with E-state index in [2.05, 4.69) is 19.7 Å². The molecule has 2 aromatic rings. The molecule has 18 heavy (non-hydrogen) atoms. The normalized spacial score (nSPS) is 11.6. The quantitative estimate of drug-likeness (QED) is 0.211. The summed E-state index contributed by atoms with van der Waals surface area (Å²) in [6, 6.07) is 0. The molecule has 5 N–H and O–H groups in total. The molecule has 0 bridgehead atoms. The largest absolute Gasteiger partial charge is 0.377 e. The van der Waals surface area contributed by atoms with Crippen molar-refractivity contribution in [2.24, 2.45) is 0 Å². The smallest absolute Gasteiger partial charge is 0.327 e. The molecule has 0 spiro atoms. The number of aromatic amines is 4. The van der Waals surface area contributed by atoms with Gasteiger partial charge < -0.3 is 4.74 Å². The maximum atomic E-state index is 10.9. The second-order valence-corrected chi connectivity index (χ2v) is 2.95. The highest BCUT2D eigenvalue weighted by atomic mass is 16.6. The second kappa shape index (κ2) is 6.13. The first-order valence-corrected chi connectivity index (χ1v) is 4.64. The molecule has 2 aromatic heterocycles. The summed E-state index contributed by atoms with van der Waals surface area (Å²) in [6.45, 7) is 2.00. The first-order chi connectivity index (χ1) is 8.58. The van der Waals surface area contributed by atoms with E-state index in [0.717, 1.165) is 19.3 Å². The van der Waals surface area contributed by atoms with E-state index in [4.69, 9.17) is 10.2 Å². The number of rotatable bonds is 0.